The van der Waals surface area contributed by atoms with Crippen LogP contribution in [0.3, 0.4) is 0 Å². The Kier molecular flexibility index (Phi) is 5.92. The third kappa shape index (κ3) is 4.62. The standard InChI is InChI=1S/C18H32O2S/c1-13-3-6-15(7-4-13)16-8-10-18(20-12-16)21-17-9-5-14(2)11-19-17/h13-18H,3-12H2,1-2H3. The summed E-state index contributed by atoms with van der Waals surface area (Å²) in [5.41, 5.74) is 0.778. The Morgan fingerprint density at radius 3 is 1.76 bits per heavy atom. The van der Waals surface area contributed by atoms with Crippen LogP contribution in [0.5, 0.6) is 0 Å². The lowest BCUT2D eigenvalue weighted by molar-refractivity contribution is -0.00333. The summed E-state index contributed by atoms with van der Waals surface area (Å²) in [6, 6.07) is 0. The van der Waals surface area contributed by atoms with Crippen molar-refractivity contribution < 1.29 is 9.47 Å². The fraction of sp³-hybridized carbons (Fsp3) is 1.00. The fourth-order valence-corrected chi connectivity index (χ4v) is 5.32. The third-order valence-corrected chi connectivity index (χ3v) is 7.11. The summed E-state index contributed by atoms with van der Waals surface area (Å²) in [7, 11) is 0. The first-order valence-corrected chi connectivity index (χ1v) is 10.0. The Morgan fingerprint density at radius 1 is 0.619 bits per heavy atom. The van der Waals surface area contributed by atoms with Crippen LogP contribution in [0.2, 0.25) is 0 Å². The quantitative estimate of drug-likeness (QED) is 0.725. The molecule has 1 aliphatic carbocycles. The van der Waals surface area contributed by atoms with Crippen LogP contribution in [-0.4, -0.2) is 24.1 Å². The number of rotatable bonds is 3. The summed E-state index contributed by atoms with van der Waals surface area (Å²) in [4.78, 5) is 0. The van der Waals surface area contributed by atoms with Crippen LogP contribution in [0.4, 0.5) is 0 Å². The zero-order valence-electron chi connectivity index (χ0n) is 13.8. The van der Waals surface area contributed by atoms with E-state index in [0.717, 1.165) is 36.9 Å². The van der Waals surface area contributed by atoms with Gasteiger partial charge in [0.1, 0.15) is 10.9 Å². The topological polar surface area (TPSA) is 18.5 Å². The van der Waals surface area contributed by atoms with Gasteiger partial charge in [0.2, 0.25) is 0 Å². The molecule has 4 atom stereocenters. The predicted molar refractivity (Wildman–Crippen MR) is 89.3 cm³/mol. The van der Waals surface area contributed by atoms with Gasteiger partial charge in [0, 0.05) is 0 Å². The molecule has 3 aliphatic rings. The highest BCUT2D eigenvalue weighted by Crippen LogP contribution is 2.40. The Balaban J connectivity index is 1.37. The van der Waals surface area contributed by atoms with E-state index in [9.17, 15) is 0 Å². The fourth-order valence-electron chi connectivity index (χ4n) is 4.12. The van der Waals surface area contributed by atoms with Gasteiger partial charge in [-0.3, -0.25) is 0 Å². The molecule has 3 fully saturated rings. The molecular weight excluding hydrogens is 280 g/mol. The first kappa shape index (κ1) is 16.1. The molecule has 0 aromatic heterocycles. The van der Waals surface area contributed by atoms with E-state index in [1.54, 1.807) is 0 Å². The van der Waals surface area contributed by atoms with E-state index in [4.69, 9.17) is 9.47 Å². The van der Waals surface area contributed by atoms with E-state index in [2.05, 4.69) is 13.8 Å². The second kappa shape index (κ2) is 7.70. The summed E-state index contributed by atoms with van der Waals surface area (Å²) in [5.74, 6) is 3.48. The zero-order valence-corrected chi connectivity index (χ0v) is 14.6. The van der Waals surface area contributed by atoms with Crippen LogP contribution < -0.4 is 0 Å². The average Bonchev–Trinajstić information content (AvgIpc) is 2.51. The van der Waals surface area contributed by atoms with Crippen molar-refractivity contribution >= 4 is 11.8 Å². The van der Waals surface area contributed by atoms with Crippen LogP contribution in [0.15, 0.2) is 0 Å². The first-order chi connectivity index (χ1) is 10.2. The smallest absolute Gasteiger partial charge is 0.105 e. The zero-order chi connectivity index (χ0) is 14.7. The molecule has 2 saturated heterocycles. The molecule has 1 saturated carbocycles. The van der Waals surface area contributed by atoms with Crippen LogP contribution in [0.1, 0.15) is 65.2 Å². The molecule has 0 bridgehead atoms. The van der Waals surface area contributed by atoms with E-state index in [1.807, 2.05) is 11.8 Å². The molecule has 0 N–H and O–H groups in total. The number of hydrogen-bond acceptors (Lipinski definition) is 3. The average molecular weight is 313 g/mol. The summed E-state index contributed by atoms with van der Waals surface area (Å²) < 4.78 is 12.1. The molecule has 21 heavy (non-hydrogen) atoms. The van der Waals surface area contributed by atoms with Crippen LogP contribution in [-0.2, 0) is 9.47 Å². The predicted octanol–water partition coefficient (Wildman–Crippen LogP) is 5.07. The van der Waals surface area contributed by atoms with Gasteiger partial charge in [-0.1, -0.05) is 38.5 Å². The minimum atomic E-state index is 0.387. The molecule has 2 nitrogen and oxygen atoms in total. The summed E-state index contributed by atoms with van der Waals surface area (Å²) in [5, 5.41) is 0. The molecule has 0 amide bonds. The van der Waals surface area contributed by atoms with Crippen molar-refractivity contribution in [2.24, 2.45) is 23.7 Å². The highest BCUT2D eigenvalue weighted by molar-refractivity contribution is 8.00. The second-order valence-corrected chi connectivity index (χ2v) is 9.03. The molecule has 3 rings (SSSR count). The van der Waals surface area contributed by atoms with Crippen molar-refractivity contribution in [1.29, 1.82) is 0 Å². The van der Waals surface area contributed by atoms with Gasteiger partial charge in [0.05, 0.1) is 13.2 Å². The monoisotopic (exact) mass is 312 g/mol. The van der Waals surface area contributed by atoms with Gasteiger partial charge in [0.15, 0.2) is 0 Å². The van der Waals surface area contributed by atoms with Crippen LogP contribution in [0, 0.1) is 23.7 Å². The van der Waals surface area contributed by atoms with Gasteiger partial charge in [-0.15, -0.1) is 0 Å². The Bertz CT molecular complexity index is 298. The highest BCUT2D eigenvalue weighted by atomic mass is 32.2. The van der Waals surface area contributed by atoms with Crippen molar-refractivity contribution in [3.05, 3.63) is 0 Å². The minimum absolute atomic E-state index is 0.387. The molecule has 2 aliphatic heterocycles. The maximum Gasteiger partial charge on any atom is 0.105 e. The van der Waals surface area contributed by atoms with E-state index in [1.165, 1.54) is 51.4 Å². The normalized spacial score (nSPS) is 45.4. The van der Waals surface area contributed by atoms with Crippen LogP contribution in [0.25, 0.3) is 0 Å². The molecule has 4 unspecified atom stereocenters. The van der Waals surface area contributed by atoms with Crippen LogP contribution >= 0.6 is 11.8 Å². The van der Waals surface area contributed by atoms with E-state index >= 15 is 0 Å². The lowest BCUT2D eigenvalue weighted by Gasteiger charge is -2.38. The van der Waals surface area contributed by atoms with Crippen molar-refractivity contribution in [3.63, 3.8) is 0 Å². The highest BCUT2D eigenvalue weighted by Gasteiger charge is 2.32. The molecule has 122 valence electrons. The van der Waals surface area contributed by atoms with Gasteiger partial charge >= 0.3 is 0 Å². The van der Waals surface area contributed by atoms with Gasteiger partial charge in [-0.05, 0) is 62.2 Å². The SMILES string of the molecule is CC1CCC(C2CCC(SC3CCC(C)CO3)OC2)CC1. The molecule has 3 heteroatoms. The minimum Gasteiger partial charge on any atom is -0.367 e. The lowest BCUT2D eigenvalue weighted by Crippen LogP contribution is -2.33. The Morgan fingerprint density at radius 2 is 1.19 bits per heavy atom. The molecule has 0 aromatic rings. The molecule has 0 spiro atoms. The van der Waals surface area contributed by atoms with Crippen molar-refractivity contribution in [3.8, 4) is 0 Å². The Hall–Kier alpha value is 0.270. The van der Waals surface area contributed by atoms with Gasteiger partial charge in [-0.2, -0.15) is 0 Å². The first-order valence-electron chi connectivity index (χ1n) is 9.09. The number of ether oxygens (including phenoxy) is 2. The van der Waals surface area contributed by atoms with Gasteiger partial charge < -0.3 is 9.47 Å². The summed E-state index contributed by atoms with van der Waals surface area (Å²) in [6.45, 7) is 6.63. The second-order valence-electron chi connectivity index (χ2n) is 7.70. The summed E-state index contributed by atoms with van der Waals surface area (Å²) >= 11 is 1.95. The van der Waals surface area contributed by atoms with E-state index < -0.39 is 0 Å². The maximum absolute atomic E-state index is 6.18. The summed E-state index contributed by atoms with van der Waals surface area (Å²) in [6.07, 6.45) is 10.9. The largest absolute Gasteiger partial charge is 0.367 e. The van der Waals surface area contributed by atoms with Crippen molar-refractivity contribution in [1.82, 2.24) is 0 Å². The lowest BCUT2D eigenvalue weighted by atomic mass is 9.75. The van der Waals surface area contributed by atoms with Crippen molar-refractivity contribution in [2.75, 3.05) is 13.2 Å². The van der Waals surface area contributed by atoms with E-state index in [0.29, 0.717) is 10.9 Å². The molecule has 0 aromatic carbocycles. The Labute approximate surface area is 134 Å². The molecule has 0 radical (unpaired) electrons. The third-order valence-electron chi connectivity index (χ3n) is 5.76. The van der Waals surface area contributed by atoms with Gasteiger partial charge in [-0.25, -0.2) is 0 Å². The number of thioether (sulfide) groups is 1. The number of hydrogen-bond donors (Lipinski definition) is 0. The molecular formula is C18H32O2S. The maximum atomic E-state index is 6.18. The molecule has 2 heterocycles. The van der Waals surface area contributed by atoms with E-state index in [-0.39, 0.29) is 0 Å². The van der Waals surface area contributed by atoms with Gasteiger partial charge in [0.25, 0.3) is 0 Å². The van der Waals surface area contributed by atoms with Crippen molar-refractivity contribution in [2.45, 2.75) is 76.1 Å².